The summed E-state index contributed by atoms with van der Waals surface area (Å²) in [7, 11) is 1.99. The predicted octanol–water partition coefficient (Wildman–Crippen LogP) is 2.66. The van der Waals surface area contributed by atoms with Crippen molar-refractivity contribution in [1.29, 1.82) is 0 Å². The van der Waals surface area contributed by atoms with Gasteiger partial charge in [-0.2, -0.15) is 0 Å². The summed E-state index contributed by atoms with van der Waals surface area (Å²) in [6.45, 7) is 6.23. The van der Waals surface area contributed by atoms with Gasteiger partial charge in [0.1, 0.15) is 0 Å². The van der Waals surface area contributed by atoms with Gasteiger partial charge < -0.3 is 10.2 Å². The van der Waals surface area contributed by atoms with Crippen molar-refractivity contribution in [2.24, 2.45) is 17.8 Å². The van der Waals surface area contributed by atoms with Crippen LogP contribution in [-0.4, -0.2) is 37.0 Å². The maximum Gasteiger partial charge on any atom is 0.222 e. The first-order valence-electron chi connectivity index (χ1n) is 8.03. The second-order valence-corrected chi connectivity index (χ2v) is 6.92. The van der Waals surface area contributed by atoms with Crippen molar-refractivity contribution >= 4 is 5.91 Å². The minimum Gasteiger partial charge on any atom is -0.345 e. The maximum absolute atomic E-state index is 12.1. The number of nitrogens with zero attached hydrogens (tertiary/aromatic N) is 1. The van der Waals surface area contributed by atoms with Crippen LogP contribution in [0.3, 0.4) is 0 Å². The lowest BCUT2D eigenvalue weighted by molar-refractivity contribution is -0.130. The third-order valence-electron chi connectivity index (χ3n) is 4.94. The quantitative estimate of drug-likeness (QED) is 0.719. The van der Waals surface area contributed by atoms with Crippen molar-refractivity contribution in [2.45, 2.75) is 58.4 Å². The molecule has 19 heavy (non-hydrogen) atoms. The fourth-order valence-electron chi connectivity index (χ4n) is 3.87. The monoisotopic (exact) mass is 266 g/mol. The molecule has 0 spiro atoms. The van der Waals surface area contributed by atoms with Crippen LogP contribution in [0.15, 0.2) is 0 Å². The zero-order valence-electron chi connectivity index (χ0n) is 12.8. The van der Waals surface area contributed by atoms with Crippen molar-refractivity contribution in [3.63, 3.8) is 0 Å². The summed E-state index contributed by atoms with van der Waals surface area (Å²) in [6, 6.07) is 0.516. The van der Waals surface area contributed by atoms with E-state index in [-0.39, 0.29) is 0 Å². The Balaban J connectivity index is 1.62. The Bertz CT molecular complexity index is 303. The first-order valence-corrected chi connectivity index (χ1v) is 8.03. The summed E-state index contributed by atoms with van der Waals surface area (Å²) in [5.74, 6) is 3.02. The molecule has 3 heteroatoms. The lowest BCUT2D eigenvalue weighted by Crippen LogP contribution is -2.34. The molecule has 2 bridgehead atoms. The third kappa shape index (κ3) is 4.20. The molecule has 0 heterocycles. The van der Waals surface area contributed by atoms with E-state index in [1.807, 2.05) is 11.9 Å². The molecule has 3 atom stereocenters. The third-order valence-corrected chi connectivity index (χ3v) is 4.94. The number of hydrogen-bond donors (Lipinski definition) is 1. The normalized spacial score (nSPS) is 29.2. The smallest absolute Gasteiger partial charge is 0.222 e. The van der Waals surface area contributed by atoms with Gasteiger partial charge in [0.05, 0.1) is 0 Å². The summed E-state index contributed by atoms with van der Waals surface area (Å²) in [5.41, 5.74) is 0. The van der Waals surface area contributed by atoms with E-state index >= 15 is 0 Å². The predicted molar refractivity (Wildman–Crippen MR) is 78.9 cm³/mol. The fourth-order valence-corrected chi connectivity index (χ4v) is 3.87. The molecule has 0 saturated heterocycles. The number of amides is 1. The molecule has 0 aromatic carbocycles. The highest BCUT2D eigenvalue weighted by Gasteiger charge is 2.39. The topological polar surface area (TPSA) is 32.3 Å². The number of carbonyl (C=O) groups is 1. The molecule has 1 amide bonds. The van der Waals surface area contributed by atoms with E-state index < -0.39 is 0 Å². The average molecular weight is 266 g/mol. The van der Waals surface area contributed by atoms with E-state index in [2.05, 4.69) is 19.2 Å². The minimum atomic E-state index is 0.327. The van der Waals surface area contributed by atoms with E-state index in [0.29, 0.717) is 18.4 Å². The Labute approximate surface area is 118 Å². The van der Waals surface area contributed by atoms with Crippen molar-refractivity contribution < 1.29 is 4.79 Å². The molecule has 0 aliphatic heterocycles. The molecule has 1 N–H and O–H groups in total. The van der Waals surface area contributed by atoms with E-state index in [1.165, 1.54) is 25.7 Å². The van der Waals surface area contributed by atoms with E-state index in [4.69, 9.17) is 0 Å². The Morgan fingerprint density at radius 3 is 2.68 bits per heavy atom. The van der Waals surface area contributed by atoms with Crippen molar-refractivity contribution in [2.75, 3.05) is 20.1 Å². The maximum atomic E-state index is 12.1. The van der Waals surface area contributed by atoms with Crippen LogP contribution in [0.1, 0.15) is 52.4 Å². The van der Waals surface area contributed by atoms with Gasteiger partial charge in [0.25, 0.3) is 0 Å². The number of hydrogen-bond acceptors (Lipinski definition) is 2. The van der Waals surface area contributed by atoms with Gasteiger partial charge in [0.15, 0.2) is 0 Å². The van der Waals surface area contributed by atoms with Crippen LogP contribution in [-0.2, 0) is 4.79 Å². The van der Waals surface area contributed by atoms with Crippen LogP contribution in [0.25, 0.3) is 0 Å². The summed E-state index contributed by atoms with van der Waals surface area (Å²) in [6.07, 6.45) is 7.31. The summed E-state index contributed by atoms with van der Waals surface area (Å²) in [5, 5.41) is 3.36. The molecule has 3 nitrogen and oxygen atoms in total. The molecular formula is C16H30N2O. The van der Waals surface area contributed by atoms with Gasteiger partial charge in [-0.25, -0.2) is 0 Å². The Hall–Kier alpha value is -0.570. The Morgan fingerprint density at radius 2 is 2.11 bits per heavy atom. The van der Waals surface area contributed by atoms with Gasteiger partial charge >= 0.3 is 0 Å². The van der Waals surface area contributed by atoms with Crippen LogP contribution < -0.4 is 5.32 Å². The first-order chi connectivity index (χ1) is 9.06. The zero-order valence-corrected chi connectivity index (χ0v) is 12.8. The summed E-state index contributed by atoms with van der Waals surface area (Å²) in [4.78, 5) is 14.1. The number of fused-ring (bicyclic) bond motifs is 2. The van der Waals surface area contributed by atoms with Crippen LogP contribution in [0, 0.1) is 17.8 Å². The molecule has 3 unspecified atom stereocenters. The van der Waals surface area contributed by atoms with Crippen LogP contribution >= 0.6 is 0 Å². The van der Waals surface area contributed by atoms with Crippen LogP contribution in [0.5, 0.6) is 0 Å². The van der Waals surface area contributed by atoms with Gasteiger partial charge in [-0.15, -0.1) is 0 Å². The van der Waals surface area contributed by atoms with Gasteiger partial charge in [-0.05, 0) is 50.0 Å². The van der Waals surface area contributed by atoms with E-state index in [0.717, 1.165) is 37.3 Å². The van der Waals surface area contributed by atoms with Crippen molar-refractivity contribution in [3.05, 3.63) is 0 Å². The zero-order chi connectivity index (χ0) is 13.8. The van der Waals surface area contributed by atoms with Gasteiger partial charge in [0.2, 0.25) is 5.91 Å². The highest BCUT2D eigenvalue weighted by Crippen LogP contribution is 2.48. The lowest BCUT2D eigenvalue weighted by Gasteiger charge is -2.27. The van der Waals surface area contributed by atoms with Crippen LogP contribution in [0.2, 0.25) is 0 Å². The van der Waals surface area contributed by atoms with Crippen molar-refractivity contribution in [3.8, 4) is 0 Å². The van der Waals surface area contributed by atoms with Gasteiger partial charge in [-0.3, -0.25) is 4.79 Å². The molecular weight excluding hydrogens is 236 g/mol. The summed E-state index contributed by atoms with van der Waals surface area (Å²) < 4.78 is 0. The molecule has 2 aliphatic carbocycles. The Kier molecular flexibility index (Phi) is 5.26. The van der Waals surface area contributed by atoms with Crippen LogP contribution in [0.4, 0.5) is 0 Å². The fraction of sp³-hybridized carbons (Fsp3) is 0.938. The second kappa shape index (κ2) is 6.74. The Morgan fingerprint density at radius 1 is 1.32 bits per heavy atom. The lowest BCUT2D eigenvalue weighted by atomic mass is 9.88. The largest absolute Gasteiger partial charge is 0.345 e. The van der Waals surface area contributed by atoms with Gasteiger partial charge in [0, 0.05) is 26.1 Å². The molecule has 2 fully saturated rings. The van der Waals surface area contributed by atoms with Crippen molar-refractivity contribution in [1.82, 2.24) is 10.2 Å². The molecule has 2 rings (SSSR count). The second-order valence-electron chi connectivity index (χ2n) is 6.92. The van der Waals surface area contributed by atoms with E-state index in [1.54, 1.807) is 0 Å². The SMILES string of the molecule is CC(C)NCCCC(=O)N(C)CC1CC2CCC1C2. The highest BCUT2D eigenvalue weighted by atomic mass is 16.2. The summed E-state index contributed by atoms with van der Waals surface area (Å²) >= 11 is 0. The highest BCUT2D eigenvalue weighted by molar-refractivity contribution is 5.75. The molecule has 0 aromatic heterocycles. The first kappa shape index (κ1) is 14.8. The number of nitrogens with one attached hydrogen (secondary N) is 1. The average Bonchev–Trinajstić information content (AvgIpc) is 2.96. The van der Waals surface area contributed by atoms with Gasteiger partial charge in [-0.1, -0.05) is 20.3 Å². The standard InChI is InChI=1S/C16H30N2O/c1-12(2)17-8-4-5-16(19)18(3)11-15-10-13-6-7-14(15)9-13/h12-15,17H,4-11H2,1-3H3. The van der Waals surface area contributed by atoms with E-state index in [9.17, 15) is 4.79 Å². The molecule has 2 saturated carbocycles. The number of rotatable bonds is 7. The number of carbonyl (C=O) groups excluding carboxylic acids is 1. The molecule has 2 aliphatic rings. The minimum absolute atomic E-state index is 0.327. The molecule has 0 aromatic rings. The molecule has 0 radical (unpaired) electrons. The molecule has 110 valence electrons.